The van der Waals surface area contributed by atoms with Gasteiger partial charge >= 0.3 is 41.7 Å². The summed E-state index contributed by atoms with van der Waals surface area (Å²) in [7, 11) is 0. The van der Waals surface area contributed by atoms with Crippen LogP contribution in [0.1, 0.15) is 102 Å². The van der Waals surface area contributed by atoms with Crippen molar-refractivity contribution >= 4 is 23.8 Å². The van der Waals surface area contributed by atoms with Crippen LogP contribution in [0.4, 0.5) is 9.59 Å². The molecule has 2 heterocycles. The molecule has 2 aliphatic rings. The molecule has 0 saturated carbocycles. The zero-order valence-electron chi connectivity index (χ0n) is 27.8. The maximum Gasteiger partial charge on any atom is 1.00 e. The summed E-state index contributed by atoms with van der Waals surface area (Å²) in [6, 6.07) is 0. The monoisotopic (exact) mass is 592 g/mol. The second-order valence-corrected chi connectivity index (χ2v) is 14.0. The summed E-state index contributed by atoms with van der Waals surface area (Å²) in [6.45, 7) is 24.3. The predicted molar refractivity (Wildman–Crippen MR) is 153 cm³/mol. The molecule has 10 nitrogen and oxygen atoms in total. The molecule has 0 bridgehead atoms. The van der Waals surface area contributed by atoms with Gasteiger partial charge in [0.15, 0.2) is 5.78 Å². The van der Waals surface area contributed by atoms with Crippen LogP contribution >= 0.6 is 0 Å². The van der Waals surface area contributed by atoms with Gasteiger partial charge in [0.05, 0.1) is 18.9 Å². The second kappa shape index (κ2) is 16.3. The van der Waals surface area contributed by atoms with Crippen molar-refractivity contribution in [3.05, 3.63) is 11.8 Å². The molecule has 0 atom stereocenters. The number of rotatable bonds is 2. The zero-order chi connectivity index (χ0) is 30.4. The summed E-state index contributed by atoms with van der Waals surface area (Å²) in [5.41, 5.74) is -1.36. The van der Waals surface area contributed by atoms with Crippen LogP contribution in [0.5, 0.6) is 0 Å². The van der Waals surface area contributed by atoms with Crippen LogP contribution in [0.15, 0.2) is 11.8 Å². The molecule has 1 N–H and O–H groups in total. The van der Waals surface area contributed by atoms with E-state index in [2.05, 4.69) is 0 Å². The van der Waals surface area contributed by atoms with Crippen LogP contribution < -0.4 is 29.6 Å². The maximum atomic E-state index is 12.6. The zero-order valence-corrected chi connectivity index (χ0v) is 29.8. The number of amides is 2. The Bertz CT molecular complexity index is 930. The summed E-state index contributed by atoms with van der Waals surface area (Å²) in [4.78, 5) is 51.8. The third-order valence-electron chi connectivity index (χ3n) is 6.43. The molecule has 11 heteroatoms. The minimum absolute atomic E-state index is 0. The molecule has 2 saturated heterocycles. The van der Waals surface area contributed by atoms with Crippen LogP contribution in [-0.2, 0) is 23.8 Å². The number of ether oxygens (including phenoxy) is 3. The molecular formula is C30H53N2NaO8. The molecule has 0 radical (unpaired) electrons. The van der Waals surface area contributed by atoms with Crippen LogP contribution in [0.25, 0.3) is 0 Å². The topological polar surface area (TPSA) is 132 Å². The van der Waals surface area contributed by atoms with E-state index >= 15 is 0 Å². The molecule has 0 aromatic rings. The number of hydrogen-bond donors (Lipinski definition) is 0. The fourth-order valence-electron chi connectivity index (χ4n) is 3.86. The number of likely N-dealkylation sites (tertiary alicyclic amines) is 2. The largest absolute Gasteiger partial charge is 1.00 e. The van der Waals surface area contributed by atoms with Crippen molar-refractivity contribution in [1.29, 1.82) is 0 Å². The minimum Gasteiger partial charge on any atom is -0.870 e. The Morgan fingerprint density at radius 1 is 0.805 bits per heavy atom. The number of carbonyl (C=O) groups excluding carboxylic acids is 4. The first-order valence-electron chi connectivity index (χ1n) is 13.9. The Balaban J connectivity index is 0. The minimum atomic E-state index is -0.554. The van der Waals surface area contributed by atoms with E-state index in [4.69, 9.17) is 14.2 Å². The average molecular weight is 593 g/mol. The van der Waals surface area contributed by atoms with E-state index in [1.807, 2.05) is 83.1 Å². The van der Waals surface area contributed by atoms with Gasteiger partial charge in [-0.15, -0.1) is 0 Å². The van der Waals surface area contributed by atoms with E-state index in [-0.39, 0.29) is 70.8 Å². The standard InChI is InChI=1S/C17H29NO4.C13H23NO3.Na.H2O/c1-12(2)21-11-13-10-18(15(20)22-16(3,4)5)9-8-17(6,7)14(13)19;1-12(2,3)17-11(16)14-8-6-10(15)13(4,5)7-9-14;;/h11-12H,8-10H2,1-7H3;6-9H2,1-5H3;;1H2/q;;+1;/p-1/b13-11-;;;. The Morgan fingerprint density at radius 3 is 1.71 bits per heavy atom. The van der Waals surface area contributed by atoms with Gasteiger partial charge in [0.25, 0.3) is 0 Å². The smallest absolute Gasteiger partial charge is 0.870 e. The third-order valence-corrected chi connectivity index (χ3v) is 6.43. The van der Waals surface area contributed by atoms with E-state index in [1.165, 1.54) is 6.26 Å². The van der Waals surface area contributed by atoms with Crippen molar-refractivity contribution in [3.8, 4) is 0 Å². The summed E-state index contributed by atoms with van der Waals surface area (Å²) in [6.07, 6.45) is 2.50. The molecule has 0 aromatic heterocycles. The van der Waals surface area contributed by atoms with Crippen molar-refractivity contribution in [3.63, 3.8) is 0 Å². The van der Waals surface area contributed by atoms with Crippen molar-refractivity contribution in [2.75, 3.05) is 26.2 Å². The van der Waals surface area contributed by atoms with Gasteiger partial charge in [-0.05, 0) is 68.2 Å². The average Bonchev–Trinajstić information content (AvgIpc) is 2.95. The van der Waals surface area contributed by atoms with Gasteiger partial charge in [-0.3, -0.25) is 9.59 Å². The Kier molecular flexibility index (Phi) is 16.5. The van der Waals surface area contributed by atoms with Crippen LogP contribution in [0, 0.1) is 10.8 Å². The first kappa shape index (κ1) is 41.5. The van der Waals surface area contributed by atoms with E-state index in [0.717, 1.165) is 0 Å². The number of ketones is 2. The van der Waals surface area contributed by atoms with E-state index < -0.39 is 22.7 Å². The van der Waals surface area contributed by atoms with Crippen molar-refractivity contribution in [2.24, 2.45) is 10.8 Å². The quantitative estimate of drug-likeness (QED) is 0.272. The summed E-state index contributed by atoms with van der Waals surface area (Å²) >= 11 is 0. The molecule has 2 fully saturated rings. The fraction of sp³-hybridized carbons (Fsp3) is 0.800. The number of carbonyl (C=O) groups is 4. The molecule has 2 rings (SSSR count). The van der Waals surface area contributed by atoms with Crippen molar-refractivity contribution in [2.45, 2.75) is 120 Å². The Labute approximate surface area is 269 Å². The summed E-state index contributed by atoms with van der Waals surface area (Å²) < 4.78 is 16.2. The first-order chi connectivity index (χ1) is 17.5. The van der Waals surface area contributed by atoms with Gasteiger partial charge in [-0.1, -0.05) is 27.7 Å². The van der Waals surface area contributed by atoms with Crippen LogP contribution in [0.3, 0.4) is 0 Å². The molecule has 41 heavy (non-hydrogen) atoms. The summed E-state index contributed by atoms with van der Waals surface area (Å²) in [5.74, 6) is 0.253. The predicted octanol–water partition coefficient (Wildman–Crippen LogP) is 2.97. The molecule has 0 aromatic carbocycles. The van der Waals surface area contributed by atoms with Gasteiger partial charge in [-0.25, -0.2) is 9.59 Å². The normalized spacial score (nSPS) is 20.0. The molecular weight excluding hydrogens is 539 g/mol. The van der Waals surface area contributed by atoms with E-state index in [9.17, 15) is 19.2 Å². The number of hydrogen-bond acceptors (Lipinski definition) is 8. The van der Waals surface area contributed by atoms with E-state index in [0.29, 0.717) is 44.5 Å². The third kappa shape index (κ3) is 14.9. The molecule has 0 unspecified atom stereocenters. The van der Waals surface area contributed by atoms with Gasteiger partial charge < -0.3 is 29.5 Å². The molecule has 232 valence electrons. The fourth-order valence-corrected chi connectivity index (χ4v) is 3.86. The second-order valence-electron chi connectivity index (χ2n) is 14.0. The van der Waals surface area contributed by atoms with Crippen molar-refractivity contribution < 1.29 is 68.4 Å². The molecule has 2 amide bonds. The molecule has 2 aliphatic heterocycles. The molecule has 0 spiro atoms. The van der Waals surface area contributed by atoms with E-state index in [1.54, 1.807) is 9.80 Å². The van der Waals surface area contributed by atoms with Gasteiger partial charge in [0, 0.05) is 42.5 Å². The SMILES string of the molecule is CC(C)(C)OC(=O)N1CCC(=O)C(C)(C)CC1.CC(C)O/C=C1/CN(C(=O)OC(C)(C)C)CCC(C)(C)C1=O.[Na+].[OH-]. The van der Waals surface area contributed by atoms with Gasteiger partial charge in [-0.2, -0.15) is 0 Å². The first-order valence-corrected chi connectivity index (χ1v) is 13.9. The van der Waals surface area contributed by atoms with Crippen molar-refractivity contribution in [1.82, 2.24) is 9.80 Å². The Hall–Kier alpha value is -1.62. The van der Waals surface area contributed by atoms with Gasteiger partial charge in [0.1, 0.15) is 17.0 Å². The molecule has 0 aliphatic carbocycles. The Morgan fingerprint density at radius 2 is 1.24 bits per heavy atom. The van der Waals surface area contributed by atoms with Gasteiger partial charge in [0.2, 0.25) is 0 Å². The summed E-state index contributed by atoms with van der Waals surface area (Å²) in [5, 5.41) is 0. The maximum absolute atomic E-state index is 12.6. The number of Topliss-reactive ketones (excluding diaryl/α,β-unsaturated/α-hetero) is 2. The number of nitrogens with zero attached hydrogens (tertiary/aromatic N) is 2. The van der Waals surface area contributed by atoms with Crippen LogP contribution in [-0.4, -0.2) is 82.5 Å². The van der Waals surface area contributed by atoms with Crippen LogP contribution in [0.2, 0.25) is 0 Å².